The Balaban J connectivity index is 3.17. The van der Waals surface area contributed by atoms with Crippen LogP contribution >= 0.6 is 11.3 Å². The molecule has 5 nitrogen and oxygen atoms in total. The number of hydrogen-bond donors (Lipinski definition) is 3. The highest BCUT2D eigenvalue weighted by Gasteiger charge is 2.22. The minimum atomic E-state index is -0.192. The lowest BCUT2D eigenvalue weighted by molar-refractivity contribution is 0.0967. The standard InChI is InChI=1S/C12H21N3O2S/c1-6(2)15-12-9(17-7(3)4)8(13)10(18-12)11(16)14-5/h6-7,15H,13H2,1-5H3,(H,14,16). The molecule has 0 aliphatic heterocycles. The predicted molar refractivity (Wildman–Crippen MR) is 76.6 cm³/mol. The van der Waals surface area contributed by atoms with E-state index >= 15 is 0 Å². The van der Waals surface area contributed by atoms with Gasteiger partial charge in [-0.1, -0.05) is 0 Å². The van der Waals surface area contributed by atoms with E-state index in [0.717, 1.165) is 5.00 Å². The van der Waals surface area contributed by atoms with Gasteiger partial charge in [0.05, 0.1) is 6.10 Å². The molecule has 0 unspecified atom stereocenters. The largest absolute Gasteiger partial charge is 0.486 e. The van der Waals surface area contributed by atoms with E-state index in [1.54, 1.807) is 7.05 Å². The minimum absolute atomic E-state index is 0.00662. The van der Waals surface area contributed by atoms with Crippen molar-refractivity contribution in [2.24, 2.45) is 0 Å². The summed E-state index contributed by atoms with van der Waals surface area (Å²) in [5.74, 6) is 0.380. The molecule has 1 heterocycles. The lowest BCUT2D eigenvalue weighted by atomic mass is 10.3. The van der Waals surface area contributed by atoms with Gasteiger partial charge < -0.3 is 21.1 Å². The normalized spacial score (nSPS) is 10.8. The second kappa shape index (κ2) is 5.95. The van der Waals surface area contributed by atoms with Crippen molar-refractivity contribution in [3.05, 3.63) is 4.88 Å². The summed E-state index contributed by atoms with van der Waals surface area (Å²) in [6.45, 7) is 7.90. The Labute approximate surface area is 112 Å². The summed E-state index contributed by atoms with van der Waals surface area (Å²) >= 11 is 1.32. The number of ether oxygens (including phenoxy) is 1. The van der Waals surface area contributed by atoms with Crippen molar-refractivity contribution in [2.75, 3.05) is 18.1 Å². The van der Waals surface area contributed by atoms with Crippen LogP contribution in [0.4, 0.5) is 10.7 Å². The highest BCUT2D eigenvalue weighted by Crippen LogP contribution is 2.43. The first-order valence-corrected chi connectivity index (χ1v) is 6.76. The third-order valence-electron chi connectivity index (χ3n) is 2.11. The van der Waals surface area contributed by atoms with Crippen molar-refractivity contribution in [1.82, 2.24) is 5.32 Å². The fraction of sp³-hybridized carbons (Fsp3) is 0.583. The Hall–Kier alpha value is -1.43. The monoisotopic (exact) mass is 271 g/mol. The molecule has 0 atom stereocenters. The van der Waals surface area contributed by atoms with Gasteiger partial charge in [-0.25, -0.2) is 0 Å². The van der Waals surface area contributed by atoms with Crippen LogP contribution in [0, 0.1) is 0 Å². The van der Waals surface area contributed by atoms with Gasteiger partial charge in [0, 0.05) is 13.1 Å². The van der Waals surface area contributed by atoms with Crippen LogP contribution in [0.3, 0.4) is 0 Å². The first-order valence-electron chi connectivity index (χ1n) is 5.94. The second-order valence-corrected chi connectivity index (χ2v) is 5.57. The molecule has 0 aliphatic carbocycles. The van der Waals surface area contributed by atoms with Gasteiger partial charge in [-0.3, -0.25) is 4.79 Å². The lowest BCUT2D eigenvalue weighted by Gasteiger charge is -2.14. The van der Waals surface area contributed by atoms with Crippen molar-refractivity contribution in [2.45, 2.75) is 39.8 Å². The first kappa shape index (κ1) is 14.6. The molecule has 0 aromatic carbocycles. The van der Waals surface area contributed by atoms with Gasteiger partial charge >= 0.3 is 0 Å². The molecule has 18 heavy (non-hydrogen) atoms. The molecule has 1 aromatic rings. The summed E-state index contributed by atoms with van der Waals surface area (Å²) in [6.07, 6.45) is 0.00662. The Kier molecular flexibility index (Phi) is 4.84. The molecule has 1 amide bonds. The number of anilines is 2. The molecule has 1 rings (SSSR count). The number of hydrogen-bond acceptors (Lipinski definition) is 5. The average Bonchev–Trinajstić information content (AvgIpc) is 2.55. The van der Waals surface area contributed by atoms with E-state index in [1.165, 1.54) is 11.3 Å². The van der Waals surface area contributed by atoms with Gasteiger partial charge in [-0.15, -0.1) is 11.3 Å². The maximum Gasteiger partial charge on any atom is 0.263 e. The van der Waals surface area contributed by atoms with Crippen molar-refractivity contribution < 1.29 is 9.53 Å². The zero-order chi connectivity index (χ0) is 13.9. The van der Waals surface area contributed by atoms with Gasteiger partial charge in [0.2, 0.25) is 0 Å². The summed E-state index contributed by atoms with van der Waals surface area (Å²) in [4.78, 5) is 12.2. The van der Waals surface area contributed by atoms with E-state index < -0.39 is 0 Å². The van der Waals surface area contributed by atoms with Gasteiger partial charge in [0.1, 0.15) is 15.6 Å². The highest BCUT2D eigenvalue weighted by molar-refractivity contribution is 7.19. The Morgan fingerprint density at radius 3 is 2.39 bits per heavy atom. The molecule has 4 N–H and O–H groups in total. The molecule has 102 valence electrons. The second-order valence-electron chi connectivity index (χ2n) is 4.55. The number of carbonyl (C=O) groups excluding carboxylic acids is 1. The molecule has 0 bridgehead atoms. The summed E-state index contributed by atoms with van der Waals surface area (Å²) in [6, 6.07) is 0.245. The van der Waals surface area contributed by atoms with E-state index in [0.29, 0.717) is 16.3 Å². The molecule has 0 saturated carbocycles. The molecule has 1 aromatic heterocycles. The van der Waals surface area contributed by atoms with E-state index in [-0.39, 0.29) is 18.1 Å². The number of thiophene rings is 1. The molecule has 0 saturated heterocycles. The number of nitrogen functional groups attached to an aromatic ring is 1. The maximum absolute atomic E-state index is 11.7. The number of amides is 1. The summed E-state index contributed by atoms with van der Waals surface area (Å²) in [7, 11) is 1.58. The summed E-state index contributed by atoms with van der Waals surface area (Å²) in [5, 5.41) is 6.63. The van der Waals surface area contributed by atoms with Gasteiger partial charge in [0.15, 0.2) is 5.75 Å². The van der Waals surface area contributed by atoms with Crippen LogP contribution in [-0.4, -0.2) is 25.1 Å². The molecule has 0 fully saturated rings. The van der Waals surface area contributed by atoms with Gasteiger partial charge in [-0.05, 0) is 27.7 Å². The first-order chi connectivity index (χ1) is 8.36. The van der Waals surface area contributed by atoms with Crippen molar-refractivity contribution in [3.8, 4) is 5.75 Å². The third-order valence-corrected chi connectivity index (χ3v) is 3.22. The van der Waals surface area contributed by atoms with E-state index in [2.05, 4.69) is 10.6 Å². The molecule has 0 radical (unpaired) electrons. The summed E-state index contributed by atoms with van der Waals surface area (Å²) in [5.41, 5.74) is 6.39. The minimum Gasteiger partial charge on any atom is -0.486 e. The predicted octanol–water partition coefficient (Wildman–Crippen LogP) is 2.30. The van der Waals surface area contributed by atoms with Crippen LogP contribution in [-0.2, 0) is 0 Å². The van der Waals surface area contributed by atoms with Crippen molar-refractivity contribution >= 4 is 27.9 Å². The van der Waals surface area contributed by atoms with Crippen LogP contribution in [0.5, 0.6) is 5.75 Å². The zero-order valence-corrected chi connectivity index (χ0v) is 12.3. The number of rotatable bonds is 5. The topological polar surface area (TPSA) is 76.4 Å². The fourth-order valence-corrected chi connectivity index (χ4v) is 2.57. The van der Waals surface area contributed by atoms with Crippen molar-refractivity contribution in [1.29, 1.82) is 0 Å². The maximum atomic E-state index is 11.7. The smallest absolute Gasteiger partial charge is 0.263 e. The van der Waals surface area contributed by atoms with Crippen molar-refractivity contribution in [3.63, 3.8) is 0 Å². The zero-order valence-electron chi connectivity index (χ0n) is 11.5. The molecular formula is C12H21N3O2S. The van der Waals surface area contributed by atoms with E-state index in [9.17, 15) is 4.79 Å². The highest BCUT2D eigenvalue weighted by atomic mass is 32.1. The molecule has 6 heteroatoms. The third kappa shape index (κ3) is 3.29. The van der Waals surface area contributed by atoms with E-state index in [4.69, 9.17) is 10.5 Å². The average molecular weight is 271 g/mol. The SMILES string of the molecule is CNC(=O)c1sc(NC(C)C)c(OC(C)C)c1N. The van der Waals surface area contributed by atoms with Crippen LogP contribution in [0.15, 0.2) is 0 Å². The number of nitrogens with one attached hydrogen (secondary N) is 2. The fourth-order valence-electron chi connectivity index (χ4n) is 1.42. The Bertz CT molecular complexity index is 427. The molecule has 0 aliphatic rings. The van der Waals surface area contributed by atoms with Crippen LogP contribution in [0.2, 0.25) is 0 Å². The van der Waals surface area contributed by atoms with Crippen LogP contribution in [0.1, 0.15) is 37.4 Å². The van der Waals surface area contributed by atoms with Gasteiger partial charge in [-0.2, -0.15) is 0 Å². The summed E-state index contributed by atoms with van der Waals surface area (Å²) < 4.78 is 5.70. The molecular weight excluding hydrogens is 250 g/mol. The quantitative estimate of drug-likeness (QED) is 0.768. The Morgan fingerprint density at radius 2 is 1.94 bits per heavy atom. The van der Waals surface area contributed by atoms with Crippen LogP contribution < -0.4 is 21.1 Å². The van der Waals surface area contributed by atoms with Crippen LogP contribution in [0.25, 0.3) is 0 Å². The molecule has 0 spiro atoms. The lowest BCUT2D eigenvalue weighted by Crippen LogP contribution is -2.17. The number of nitrogens with two attached hydrogens (primary N) is 1. The van der Waals surface area contributed by atoms with E-state index in [1.807, 2.05) is 27.7 Å². The number of carbonyl (C=O) groups is 1. The van der Waals surface area contributed by atoms with Gasteiger partial charge in [0.25, 0.3) is 5.91 Å². The Morgan fingerprint density at radius 1 is 1.33 bits per heavy atom.